The van der Waals surface area contributed by atoms with Gasteiger partial charge in [-0.2, -0.15) is 0 Å². The molecule has 0 rings (SSSR count). The zero-order valence-corrected chi connectivity index (χ0v) is 5.10. The molecule has 0 aliphatic rings. The van der Waals surface area contributed by atoms with E-state index in [0.29, 0.717) is 0 Å². The molecular weight excluding hydrogens is 131 g/mol. The molecule has 0 aromatic rings. The Labute approximate surface area is 55.5 Å². The van der Waals surface area contributed by atoms with Gasteiger partial charge in [0.1, 0.15) is 0 Å². The van der Waals surface area contributed by atoms with Crippen LogP contribution in [-0.4, -0.2) is 0 Å². The fourth-order valence-electron chi connectivity index (χ4n) is 0.175. The minimum absolute atomic E-state index is 0. The van der Waals surface area contributed by atoms with Crippen LogP contribution in [0.4, 0.5) is 0 Å². The third-order valence-corrected chi connectivity index (χ3v) is 0.439. The van der Waals surface area contributed by atoms with Crippen LogP contribution in [0, 0.1) is 13.5 Å². The third-order valence-electron chi connectivity index (χ3n) is 0.439. The Morgan fingerprint density at radius 2 is 2.14 bits per heavy atom. The van der Waals surface area contributed by atoms with E-state index in [0.717, 1.165) is 6.42 Å². The van der Waals surface area contributed by atoms with Crippen molar-refractivity contribution in [3.05, 3.63) is 31.7 Å². The minimum Gasteiger partial charge on any atom is -0.519 e. The summed E-state index contributed by atoms with van der Waals surface area (Å²) in [5.74, 6) is 0. The first-order chi connectivity index (χ1) is 2.91. The molecule has 0 nitrogen and oxygen atoms in total. The van der Waals surface area contributed by atoms with Crippen LogP contribution in [0.3, 0.4) is 0 Å². The molecule has 7 heavy (non-hydrogen) atoms. The van der Waals surface area contributed by atoms with Gasteiger partial charge in [0.25, 0.3) is 0 Å². The van der Waals surface area contributed by atoms with Gasteiger partial charge in [0, 0.05) is 0 Å². The molecule has 0 aliphatic heterocycles. The van der Waals surface area contributed by atoms with Crippen LogP contribution in [0.5, 0.6) is 0 Å². The average molecular weight is 139 g/mol. The minimum atomic E-state index is 0. The van der Waals surface area contributed by atoms with Crippen LogP contribution in [0.25, 0.3) is 0 Å². The van der Waals surface area contributed by atoms with Gasteiger partial charge in [-0.25, -0.2) is 19.1 Å². The Hall–Kier alpha value is -0.144. The zero-order chi connectivity index (χ0) is 4.83. The second kappa shape index (κ2) is 9.29. The van der Waals surface area contributed by atoms with E-state index in [2.05, 4.69) is 6.92 Å². The van der Waals surface area contributed by atoms with Crippen LogP contribution in [-0.2, 0) is 16.8 Å². The fraction of sp³-hybridized carbons (Fsp3) is 0.167. The van der Waals surface area contributed by atoms with Crippen molar-refractivity contribution in [2.45, 2.75) is 6.42 Å². The summed E-state index contributed by atoms with van der Waals surface area (Å²) in [6, 6.07) is 0. The van der Waals surface area contributed by atoms with E-state index in [1.54, 1.807) is 12.2 Å². The fourth-order valence-corrected chi connectivity index (χ4v) is 0.175. The maximum atomic E-state index is 5.01. The maximum absolute atomic E-state index is 5.01. The van der Waals surface area contributed by atoms with Crippen molar-refractivity contribution in [1.82, 2.24) is 0 Å². The van der Waals surface area contributed by atoms with E-state index in [9.17, 15) is 0 Å². The Bertz CT molecular complexity index is 55.2. The molecular formula is C6H8Co. The quantitative estimate of drug-likeness (QED) is 0.511. The number of rotatable bonds is 2. The molecule has 0 unspecified atom stereocenters. The molecule has 1 heteroatoms. The maximum Gasteiger partial charge on any atom is 2.00 e. The van der Waals surface area contributed by atoms with Crippen LogP contribution < -0.4 is 0 Å². The number of allylic oxidation sites excluding steroid dienone is 3. The zero-order valence-electron chi connectivity index (χ0n) is 4.06. The SMILES string of the molecule is [CH-]=CC/C=C\[CH2-].[Co+2]. The molecule has 0 amide bonds. The van der Waals surface area contributed by atoms with Gasteiger partial charge in [0.2, 0.25) is 0 Å². The van der Waals surface area contributed by atoms with Crippen molar-refractivity contribution in [3.8, 4) is 0 Å². The summed E-state index contributed by atoms with van der Waals surface area (Å²) in [5.41, 5.74) is 0. The van der Waals surface area contributed by atoms with E-state index in [4.69, 9.17) is 6.58 Å². The van der Waals surface area contributed by atoms with E-state index < -0.39 is 0 Å². The van der Waals surface area contributed by atoms with Gasteiger partial charge in [0.15, 0.2) is 0 Å². The van der Waals surface area contributed by atoms with E-state index in [1.807, 2.05) is 6.08 Å². The van der Waals surface area contributed by atoms with Crippen molar-refractivity contribution in [3.63, 3.8) is 0 Å². The first-order valence-electron chi connectivity index (χ1n) is 1.89. The predicted molar refractivity (Wildman–Crippen MR) is 28.0 cm³/mol. The van der Waals surface area contributed by atoms with Gasteiger partial charge in [-0.15, -0.1) is 6.42 Å². The van der Waals surface area contributed by atoms with Crippen LogP contribution in [0.2, 0.25) is 0 Å². The summed E-state index contributed by atoms with van der Waals surface area (Å²) in [7, 11) is 0. The van der Waals surface area contributed by atoms with Crippen molar-refractivity contribution >= 4 is 0 Å². The van der Waals surface area contributed by atoms with Crippen molar-refractivity contribution in [1.29, 1.82) is 0 Å². The van der Waals surface area contributed by atoms with Crippen LogP contribution in [0.1, 0.15) is 6.42 Å². The van der Waals surface area contributed by atoms with Crippen LogP contribution in [0.15, 0.2) is 18.2 Å². The molecule has 1 radical (unpaired) electrons. The van der Waals surface area contributed by atoms with Crippen LogP contribution >= 0.6 is 0 Å². The molecule has 0 saturated carbocycles. The van der Waals surface area contributed by atoms with E-state index in [-0.39, 0.29) is 16.8 Å². The molecule has 0 fully saturated rings. The van der Waals surface area contributed by atoms with Gasteiger partial charge in [0.05, 0.1) is 0 Å². The van der Waals surface area contributed by atoms with E-state index >= 15 is 0 Å². The summed E-state index contributed by atoms with van der Waals surface area (Å²) in [6.07, 6.45) is 6.02. The second-order valence-corrected chi connectivity index (χ2v) is 0.943. The normalized spacial score (nSPS) is 8.00. The number of hydrogen-bond acceptors (Lipinski definition) is 0. The predicted octanol–water partition coefficient (Wildman–Crippen LogP) is 1.75. The smallest absolute Gasteiger partial charge is 0.519 e. The number of hydrogen-bond donors (Lipinski definition) is 0. The third kappa shape index (κ3) is 10.7. The molecule has 0 saturated heterocycles. The first-order valence-corrected chi connectivity index (χ1v) is 1.89. The Kier molecular flexibility index (Phi) is 13.2. The summed E-state index contributed by atoms with van der Waals surface area (Å²) in [4.78, 5) is 0. The van der Waals surface area contributed by atoms with Gasteiger partial charge in [-0.1, -0.05) is 0 Å². The molecule has 0 bridgehead atoms. The summed E-state index contributed by atoms with van der Waals surface area (Å²) >= 11 is 0. The molecule has 0 aromatic carbocycles. The molecule has 0 spiro atoms. The van der Waals surface area contributed by atoms with E-state index in [1.165, 1.54) is 0 Å². The van der Waals surface area contributed by atoms with Gasteiger partial charge < -0.3 is 6.58 Å². The largest absolute Gasteiger partial charge is 2.00 e. The summed E-state index contributed by atoms with van der Waals surface area (Å²) in [5, 5.41) is 0. The Morgan fingerprint density at radius 3 is 2.29 bits per heavy atom. The molecule has 0 aliphatic carbocycles. The summed E-state index contributed by atoms with van der Waals surface area (Å²) in [6.45, 7) is 8.48. The topological polar surface area (TPSA) is 0 Å². The second-order valence-electron chi connectivity index (χ2n) is 0.943. The standard InChI is InChI=1S/C6H8.Co/c1-3-5-6-4-2;/h1,3-4,6H,2,5H2;/q-2;+2/b6-4-;. The monoisotopic (exact) mass is 139 g/mol. The van der Waals surface area contributed by atoms with Crippen molar-refractivity contribution in [2.24, 2.45) is 0 Å². The average Bonchev–Trinajstić information content (AvgIpc) is 1.61. The first kappa shape index (κ1) is 9.97. The molecule has 0 heterocycles. The molecule has 41 valence electrons. The van der Waals surface area contributed by atoms with Crippen molar-refractivity contribution in [2.75, 3.05) is 0 Å². The molecule has 0 N–H and O–H groups in total. The van der Waals surface area contributed by atoms with Crippen molar-refractivity contribution < 1.29 is 16.8 Å². The van der Waals surface area contributed by atoms with Gasteiger partial charge >= 0.3 is 16.8 Å². The van der Waals surface area contributed by atoms with Gasteiger partial charge in [-0.3, -0.25) is 6.08 Å². The molecule has 0 aromatic heterocycles. The Morgan fingerprint density at radius 1 is 1.57 bits per heavy atom. The van der Waals surface area contributed by atoms with Gasteiger partial charge in [-0.05, 0) is 0 Å². The molecule has 0 atom stereocenters. The Balaban J connectivity index is 0. The summed E-state index contributed by atoms with van der Waals surface area (Å²) < 4.78 is 0.